The van der Waals surface area contributed by atoms with Crippen LogP contribution >= 0.6 is 11.3 Å². The van der Waals surface area contributed by atoms with Gasteiger partial charge in [0.2, 0.25) is 5.91 Å². The van der Waals surface area contributed by atoms with Gasteiger partial charge in [-0.05, 0) is 49.6 Å². The van der Waals surface area contributed by atoms with Crippen molar-refractivity contribution in [1.82, 2.24) is 4.98 Å². The molecule has 1 unspecified atom stereocenters. The Morgan fingerprint density at radius 1 is 1.19 bits per heavy atom. The molecule has 0 aliphatic heterocycles. The fourth-order valence-corrected chi connectivity index (χ4v) is 3.69. The summed E-state index contributed by atoms with van der Waals surface area (Å²) < 4.78 is 1.16. The highest BCUT2D eigenvalue weighted by atomic mass is 32.1. The van der Waals surface area contributed by atoms with Crippen LogP contribution in [0, 0.1) is 0 Å². The molecular formula is C20H20N2O3S. The number of aryl methyl sites for hydroxylation is 1. The Balaban J connectivity index is 1.52. The second-order valence-electron chi connectivity index (χ2n) is 6.16. The predicted molar refractivity (Wildman–Crippen MR) is 104 cm³/mol. The van der Waals surface area contributed by atoms with Gasteiger partial charge in [-0.25, -0.2) is 4.98 Å². The third-order valence-electron chi connectivity index (χ3n) is 4.17. The van der Waals surface area contributed by atoms with Gasteiger partial charge in [0.05, 0.1) is 21.1 Å². The minimum Gasteiger partial charge on any atom is -0.481 e. The molecule has 2 N–H and O–H groups in total. The number of carboxylic acids is 1. The number of nitrogens with one attached hydrogen (secondary N) is 1. The number of aliphatic carboxylic acids is 1. The number of carboxylic acid groups (broad SMARTS) is 1. The minimum absolute atomic E-state index is 0.0776. The summed E-state index contributed by atoms with van der Waals surface area (Å²) in [5.74, 6) is -1.57. The van der Waals surface area contributed by atoms with Crippen molar-refractivity contribution in [2.45, 2.75) is 32.1 Å². The molecule has 0 saturated heterocycles. The molecule has 6 heteroatoms. The van der Waals surface area contributed by atoms with Crippen molar-refractivity contribution in [3.63, 3.8) is 0 Å². The largest absolute Gasteiger partial charge is 0.481 e. The number of hydrogen-bond donors (Lipinski definition) is 2. The van der Waals surface area contributed by atoms with E-state index >= 15 is 0 Å². The van der Waals surface area contributed by atoms with Crippen LogP contribution in [0.5, 0.6) is 0 Å². The number of anilines is 1. The number of nitrogens with zero attached hydrogens (tertiary/aromatic N) is 1. The minimum atomic E-state index is -0.885. The fourth-order valence-electron chi connectivity index (χ4n) is 2.68. The topological polar surface area (TPSA) is 79.3 Å². The van der Waals surface area contributed by atoms with E-state index in [4.69, 9.17) is 5.11 Å². The lowest BCUT2D eigenvalue weighted by Crippen LogP contribution is -2.12. The second kappa shape index (κ2) is 8.10. The van der Waals surface area contributed by atoms with Crippen molar-refractivity contribution < 1.29 is 14.7 Å². The zero-order valence-corrected chi connectivity index (χ0v) is 15.3. The maximum Gasteiger partial charge on any atom is 0.310 e. The first-order valence-corrected chi connectivity index (χ1v) is 9.31. The average molecular weight is 368 g/mol. The van der Waals surface area contributed by atoms with E-state index in [1.165, 1.54) is 0 Å². The molecule has 0 fully saturated rings. The maximum atomic E-state index is 12.1. The Hall–Kier alpha value is -2.73. The Labute approximate surface area is 155 Å². The number of amides is 1. The van der Waals surface area contributed by atoms with Crippen LogP contribution in [0.2, 0.25) is 0 Å². The van der Waals surface area contributed by atoms with Crippen LogP contribution in [0.15, 0.2) is 48.5 Å². The van der Waals surface area contributed by atoms with E-state index in [0.29, 0.717) is 17.7 Å². The van der Waals surface area contributed by atoms with Crippen molar-refractivity contribution in [3.05, 3.63) is 59.1 Å². The summed E-state index contributed by atoms with van der Waals surface area (Å²) in [4.78, 5) is 27.8. The molecule has 1 amide bonds. The first kappa shape index (κ1) is 18.1. The Morgan fingerprint density at radius 3 is 2.77 bits per heavy atom. The number of para-hydroxylation sites is 1. The van der Waals surface area contributed by atoms with Crippen molar-refractivity contribution >= 4 is 39.1 Å². The molecule has 0 radical (unpaired) electrons. The van der Waals surface area contributed by atoms with E-state index in [0.717, 1.165) is 28.1 Å². The van der Waals surface area contributed by atoms with Gasteiger partial charge in [-0.3, -0.25) is 9.59 Å². The van der Waals surface area contributed by atoms with Crippen LogP contribution in [0.3, 0.4) is 0 Å². The monoisotopic (exact) mass is 368 g/mol. The summed E-state index contributed by atoms with van der Waals surface area (Å²) in [6.07, 6.45) is 1.88. The summed E-state index contributed by atoms with van der Waals surface area (Å²) in [6.45, 7) is 1.63. The molecule has 134 valence electrons. The van der Waals surface area contributed by atoms with Gasteiger partial charge < -0.3 is 10.4 Å². The number of carbonyl (C=O) groups is 2. The van der Waals surface area contributed by atoms with Crippen molar-refractivity contribution in [3.8, 4) is 0 Å². The lowest BCUT2D eigenvalue weighted by atomic mass is 10.0. The summed E-state index contributed by atoms with van der Waals surface area (Å²) in [6, 6.07) is 15.0. The third-order valence-corrected chi connectivity index (χ3v) is 5.27. The maximum absolute atomic E-state index is 12.1. The van der Waals surface area contributed by atoms with Crippen molar-refractivity contribution in [2.24, 2.45) is 0 Å². The molecule has 1 atom stereocenters. The summed E-state index contributed by atoms with van der Waals surface area (Å²) in [5.41, 5.74) is 2.30. The van der Waals surface area contributed by atoms with Crippen molar-refractivity contribution in [1.29, 1.82) is 0 Å². The van der Waals surface area contributed by atoms with E-state index in [1.807, 2.05) is 24.3 Å². The van der Waals surface area contributed by atoms with Crippen LogP contribution in [-0.4, -0.2) is 22.0 Å². The smallest absolute Gasteiger partial charge is 0.310 e. The van der Waals surface area contributed by atoms with Gasteiger partial charge in [-0.1, -0.05) is 24.3 Å². The molecule has 3 rings (SSSR count). The number of benzene rings is 2. The lowest BCUT2D eigenvalue weighted by Gasteiger charge is -2.10. The molecule has 0 saturated carbocycles. The van der Waals surface area contributed by atoms with E-state index in [-0.39, 0.29) is 5.91 Å². The quantitative estimate of drug-likeness (QED) is 0.646. The number of aromatic nitrogens is 1. The van der Waals surface area contributed by atoms with Crippen LogP contribution in [-0.2, 0) is 16.0 Å². The van der Waals surface area contributed by atoms with Gasteiger partial charge in [0.1, 0.15) is 0 Å². The fraction of sp³-hybridized carbons (Fsp3) is 0.250. The van der Waals surface area contributed by atoms with Crippen LogP contribution < -0.4 is 5.32 Å². The van der Waals surface area contributed by atoms with E-state index < -0.39 is 11.9 Å². The van der Waals surface area contributed by atoms with Crippen LogP contribution in [0.1, 0.15) is 36.3 Å². The van der Waals surface area contributed by atoms with Gasteiger partial charge in [-0.2, -0.15) is 0 Å². The van der Waals surface area contributed by atoms with Gasteiger partial charge in [0, 0.05) is 12.1 Å². The average Bonchev–Trinajstić information content (AvgIpc) is 3.04. The van der Waals surface area contributed by atoms with Crippen LogP contribution in [0.4, 0.5) is 5.69 Å². The summed E-state index contributed by atoms with van der Waals surface area (Å²) in [5, 5.41) is 13.0. The highest BCUT2D eigenvalue weighted by Gasteiger charge is 2.14. The molecule has 5 nitrogen and oxygen atoms in total. The molecule has 1 aromatic heterocycles. The van der Waals surface area contributed by atoms with E-state index in [9.17, 15) is 9.59 Å². The molecule has 0 aliphatic carbocycles. The highest BCUT2D eigenvalue weighted by Crippen LogP contribution is 2.23. The van der Waals surface area contributed by atoms with Crippen LogP contribution in [0.25, 0.3) is 10.2 Å². The molecule has 1 heterocycles. The Bertz CT molecular complexity index is 902. The number of thiazole rings is 1. The lowest BCUT2D eigenvalue weighted by molar-refractivity contribution is -0.138. The van der Waals surface area contributed by atoms with E-state index in [2.05, 4.69) is 10.3 Å². The molecule has 0 spiro atoms. The Morgan fingerprint density at radius 2 is 2.00 bits per heavy atom. The normalized spacial score (nSPS) is 12.0. The number of rotatable bonds is 7. The number of hydrogen-bond acceptors (Lipinski definition) is 4. The molecule has 0 bridgehead atoms. The van der Waals surface area contributed by atoms with Gasteiger partial charge in [-0.15, -0.1) is 11.3 Å². The summed E-state index contributed by atoms with van der Waals surface area (Å²) >= 11 is 1.66. The molecule has 2 aromatic carbocycles. The van der Waals surface area contributed by atoms with Crippen molar-refractivity contribution in [2.75, 3.05) is 5.32 Å². The molecular weight excluding hydrogens is 348 g/mol. The zero-order chi connectivity index (χ0) is 18.5. The predicted octanol–water partition coefficient (Wildman–Crippen LogP) is 4.45. The standard InChI is InChI=1S/C20H20N2O3S/c1-13(20(24)25)14-6-4-7-15(12-14)21-18(23)10-5-11-19-22-16-8-2-3-9-17(16)26-19/h2-4,6-9,12-13H,5,10-11H2,1H3,(H,21,23)(H,24,25). The first-order valence-electron chi connectivity index (χ1n) is 8.50. The van der Waals surface area contributed by atoms with Gasteiger partial charge in [0.25, 0.3) is 0 Å². The molecule has 26 heavy (non-hydrogen) atoms. The Kier molecular flexibility index (Phi) is 5.63. The van der Waals surface area contributed by atoms with Gasteiger partial charge in [0.15, 0.2) is 0 Å². The highest BCUT2D eigenvalue weighted by molar-refractivity contribution is 7.18. The molecule has 0 aliphatic rings. The van der Waals surface area contributed by atoms with E-state index in [1.54, 1.807) is 42.5 Å². The zero-order valence-electron chi connectivity index (χ0n) is 14.4. The summed E-state index contributed by atoms with van der Waals surface area (Å²) in [7, 11) is 0. The SMILES string of the molecule is CC(C(=O)O)c1cccc(NC(=O)CCCc2nc3ccccc3s2)c1. The second-order valence-corrected chi connectivity index (χ2v) is 7.28. The third kappa shape index (κ3) is 4.46. The first-order chi connectivity index (χ1) is 12.5. The van der Waals surface area contributed by atoms with Gasteiger partial charge >= 0.3 is 5.97 Å². The number of fused-ring (bicyclic) bond motifs is 1. The molecule has 3 aromatic rings. The number of carbonyl (C=O) groups excluding carboxylic acids is 1.